The zero-order valence-electron chi connectivity index (χ0n) is 17.8. The molecule has 2 heterocycles. The van der Waals surface area contributed by atoms with E-state index in [9.17, 15) is 14.4 Å². The fourth-order valence-electron chi connectivity index (χ4n) is 4.63. The maximum atomic E-state index is 13.0. The van der Waals surface area contributed by atoms with Gasteiger partial charge < -0.3 is 15.8 Å². The molecule has 8 heteroatoms. The number of primary amides is 1. The Morgan fingerprint density at radius 1 is 1.26 bits per heavy atom. The normalized spacial score (nSPS) is 20.5. The standard InChI is InChI=1S/C23H27N3O4S/c1-13-7-8-16-17(11-13)31-22(19(16)23(29)30-2)25-18(27)12-26-10-9-14-5-3-4-6-15(14)20(26)21(24)28/h3-6,13,20H,7-12H2,1-2H3,(H2,24,28)(H,25,27). The maximum absolute atomic E-state index is 13.0. The van der Waals surface area contributed by atoms with Gasteiger partial charge >= 0.3 is 5.97 Å². The zero-order valence-corrected chi connectivity index (χ0v) is 18.6. The SMILES string of the molecule is COC(=O)c1c(NC(=O)CN2CCc3ccccc3C2C(N)=O)sc2c1CCC(C)C2. The van der Waals surface area contributed by atoms with Crippen molar-refractivity contribution in [3.63, 3.8) is 0 Å². The van der Waals surface area contributed by atoms with Crippen LogP contribution in [0, 0.1) is 5.92 Å². The van der Waals surface area contributed by atoms with Gasteiger partial charge in [-0.25, -0.2) is 4.79 Å². The molecule has 2 atom stereocenters. The summed E-state index contributed by atoms with van der Waals surface area (Å²) >= 11 is 1.45. The van der Waals surface area contributed by atoms with Crippen molar-refractivity contribution in [3.05, 3.63) is 51.4 Å². The van der Waals surface area contributed by atoms with E-state index in [4.69, 9.17) is 10.5 Å². The van der Waals surface area contributed by atoms with Gasteiger partial charge in [0.15, 0.2) is 0 Å². The van der Waals surface area contributed by atoms with Gasteiger partial charge in [0, 0.05) is 11.4 Å². The molecule has 164 valence electrons. The van der Waals surface area contributed by atoms with E-state index >= 15 is 0 Å². The van der Waals surface area contributed by atoms with Crippen molar-refractivity contribution in [2.45, 2.75) is 38.6 Å². The highest BCUT2D eigenvalue weighted by Crippen LogP contribution is 2.40. The summed E-state index contributed by atoms with van der Waals surface area (Å²) in [5, 5.41) is 3.44. The quantitative estimate of drug-likeness (QED) is 0.695. The number of fused-ring (bicyclic) bond motifs is 2. The number of esters is 1. The number of rotatable bonds is 5. The van der Waals surface area contributed by atoms with Gasteiger partial charge in [-0.2, -0.15) is 0 Å². The average molecular weight is 442 g/mol. The van der Waals surface area contributed by atoms with Gasteiger partial charge in [0.2, 0.25) is 11.8 Å². The molecule has 4 rings (SSSR count). The molecule has 0 radical (unpaired) electrons. The number of ether oxygens (including phenoxy) is 1. The number of nitrogens with two attached hydrogens (primary N) is 1. The third-order valence-corrected chi connectivity index (χ3v) is 7.32. The number of carbonyl (C=O) groups excluding carboxylic acids is 3. The number of benzene rings is 1. The molecule has 1 aliphatic heterocycles. The Morgan fingerprint density at radius 2 is 2.03 bits per heavy atom. The van der Waals surface area contributed by atoms with Crippen LogP contribution in [0.5, 0.6) is 0 Å². The van der Waals surface area contributed by atoms with E-state index in [1.165, 1.54) is 18.4 Å². The van der Waals surface area contributed by atoms with Crippen LogP contribution in [0.4, 0.5) is 5.00 Å². The summed E-state index contributed by atoms with van der Waals surface area (Å²) in [4.78, 5) is 40.5. The summed E-state index contributed by atoms with van der Waals surface area (Å²) in [6.45, 7) is 2.76. The van der Waals surface area contributed by atoms with Crippen molar-refractivity contribution in [3.8, 4) is 0 Å². The molecule has 0 bridgehead atoms. The molecule has 0 saturated heterocycles. The van der Waals surface area contributed by atoms with Crippen molar-refractivity contribution in [2.24, 2.45) is 11.7 Å². The van der Waals surface area contributed by atoms with E-state index in [0.717, 1.165) is 47.3 Å². The van der Waals surface area contributed by atoms with E-state index < -0.39 is 17.9 Å². The number of thiophene rings is 1. The second-order valence-corrected chi connectivity index (χ2v) is 9.43. The lowest BCUT2D eigenvalue weighted by Crippen LogP contribution is -2.45. The number of nitrogens with zero attached hydrogens (tertiary/aromatic N) is 1. The van der Waals surface area contributed by atoms with Crippen LogP contribution in [0.1, 0.15) is 51.3 Å². The maximum Gasteiger partial charge on any atom is 0.341 e. The van der Waals surface area contributed by atoms with Crippen LogP contribution in [0.3, 0.4) is 0 Å². The lowest BCUT2D eigenvalue weighted by Gasteiger charge is -2.34. The van der Waals surface area contributed by atoms with Crippen LogP contribution < -0.4 is 11.1 Å². The molecule has 3 N–H and O–H groups in total. The Bertz CT molecular complexity index is 1030. The Labute approximate surface area is 185 Å². The van der Waals surface area contributed by atoms with Crippen LogP contribution in [0.15, 0.2) is 24.3 Å². The minimum Gasteiger partial charge on any atom is -0.465 e. The minimum atomic E-state index is -0.645. The molecule has 1 aromatic heterocycles. The second kappa shape index (κ2) is 8.80. The van der Waals surface area contributed by atoms with Crippen LogP contribution in [-0.4, -0.2) is 42.9 Å². The first-order valence-corrected chi connectivity index (χ1v) is 11.3. The fraction of sp³-hybridized carbons (Fsp3) is 0.435. The summed E-state index contributed by atoms with van der Waals surface area (Å²) in [7, 11) is 1.35. The van der Waals surface area contributed by atoms with E-state index in [0.29, 0.717) is 23.0 Å². The molecule has 1 aromatic carbocycles. The van der Waals surface area contributed by atoms with Gasteiger partial charge in [0.25, 0.3) is 0 Å². The number of anilines is 1. The molecule has 1 aliphatic carbocycles. The third-order valence-electron chi connectivity index (χ3n) is 6.15. The number of amides is 2. The zero-order chi connectivity index (χ0) is 22.1. The van der Waals surface area contributed by atoms with Crippen LogP contribution in [0.25, 0.3) is 0 Å². The summed E-state index contributed by atoms with van der Waals surface area (Å²) in [6, 6.07) is 7.04. The molecule has 0 fully saturated rings. The first-order chi connectivity index (χ1) is 14.9. The highest BCUT2D eigenvalue weighted by Gasteiger charge is 2.33. The molecule has 2 aromatic rings. The van der Waals surface area contributed by atoms with Gasteiger partial charge in [0.05, 0.1) is 19.2 Å². The lowest BCUT2D eigenvalue weighted by molar-refractivity contribution is -0.125. The molecular weight excluding hydrogens is 414 g/mol. The minimum absolute atomic E-state index is 0.0154. The highest BCUT2D eigenvalue weighted by atomic mass is 32.1. The van der Waals surface area contributed by atoms with Crippen molar-refractivity contribution in [1.82, 2.24) is 4.90 Å². The molecule has 0 spiro atoms. The Balaban J connectivity index is 1.55. The molecule has 0 saturated carbocycles. The van der Waals surface area contributed by atoms with E-state index in [1.54, 1.807) is 4.90 Å². The van der Waals surface area contributed by atoms with E-state index in [2.05, 4.69) is 12.2 Å². The molecule has 2 amide bonds. The van der Waals surface area contributed by atoms with Crippen LogP contribution in [0.2, 0.25) is 0 Å². The predicted molar refractivity (Wildman–Crippen MR) is 119 cm³/mol. The third kappa shape index (κ3) is 4.22. The van der Waals surface area contributed by atoms with Gasteiger partial charge in [-0.15, -0.1) is 11.3 Å². The molecule has 7 nitrogen and oxygen atoms in total. The monoisotopic (exact) mass is 441 g/mol. The van der Waals surface area contributed by atoms with Crippen molar-refractivity contribution < 1.29 is 19.1 Å². The number of nitrogens with one attached hydrogen (secondary N) is 1. The summed E-state index contributed by atoms with van der Waals surface area (Å²) < 4.78 is 4.99. The van der Waals surface area contributed by atoms with Crippen molar-refractivity contribution >= 4 is 34.1 Å². The number of hydrogen-bond acceptors (Lipinski definition) is 6. The smallest absolute Gasteiger partial charge is 0.341 e. The highest BCUT2D eigenvalue weighted by molar-refractivity contribution is 7.17. The van der Waals surface area contributed by atoms with E-state index in [-0.39, 0.29) is 12.5 Å². The predicted octanol–water partition coefficient (Wildman–Crippen LogP) is 2.68. The number of carbonyl (C=O) groups is 3. The number of hydrogen-bond donors (Lipinski definition) is 2. The largest absolute Gasteiger partial charge is 0.465 e. The number of methoxy groups -OCH3 is 1. The van der Waals surface area contributed by atoms with Crippen LogP contribution in [-0.2, 0) is 33.6 Å². The van der Waals surface area contributed by atoms with Crippen molar-refractivity contribution in [2.75, 3.05) is 25.5 Å². The molecule has 2 unspecified atom stereocenters. The van der Waals surface area contributed by atoms with Crippen molar-refractivity contribution in [1.29, 1.82) is 0 Å². The van der Waals surface area contributed by atoms with Gasteiger partial charge in [-0.1, -0.05) is 31.2 Å². The summed E-state index contributed by atoms with van der Waals surface area (Å²) in [5.41, 5.74) is 9.08. The summed E-state index contributed by atoms with van der Waals surface area (Å²) in [6.07, 6.45) is 3.45. The molecular formula is C23H27N3O4S. The van der Waals surface area contributed by atoms with Gasteiger partial charge in [0.1, 0.15) is 11.0 Å². The van der Waals surface area contributed by atoms with E-state index in [1.807, 2.05) is 24.3 Å². The summed E-state index contributed by atoms with van der Waals surface area (Å²) in [5.74, 6) is -0.632. The average Bonchev–Trinajstić information content (AvgIpc) is 3.09. The Kier molecular flexibility index (Phi) is 6.11. The first kappa shape index (κ1) is 21.5. The second-order valence-electron chi connectivity index (χ2n) is 8.32. The lowest BCUT2D eigenvalue weighted by atomic mass is 9.88. The van der Waals surface area contributed by atoms with Gasteiger partial charge in [-0.05, 0) is 48.3 Å². The topological polar surface area (TPSA) is 102 Å². The molecule has 31 heavy (non-hydrogen) atoms. The fourth-order valence-corrected chi connectivity index (χ4v) is 6.04. The Morgan fingerprint density at radius 3 is 2.77 bits per heavy atom. The van der Waals surface area contributed by atoms with Crippen LogP contribution >= 0.6 is 11.3 Å². The molecule has 2 aliphatic rings. The Hall–Kier alpha value is -2.71. The first-order valence-electron chi connectivity index (χ1n) is 10.5. The van der Waals surface area contributed by atoms with Gasteiger partial charge in [-0.3, -0.25) is 14.5 Å².